The van der Waals surface area contributed by atoms with Gasteiger partial charge in [0.05, 0.1) is 12.8 Å². The maximum atomic E-state index is 12.9. The van der Waals surface area contributed by atoms with E-state index in [9.17, 15) is 9.18 Å². The van der Waals surface area contributed by atoms with Crippen molar-refractivity contribution >= 4 is 17.3 Å². The molecule has 0 aliphatic heterocycles. The maximum Gasteiger partial charge on any atom is 0.349 e. The van der Waals surface area contributed by atoms with Crippen LogP contribution in [0.1, 0.15) is 27.2 Å². The Balaban J connectivity index is 2.15. The van der Waals surface area contributed by atoms with E-state index in [-0.39, 0.29) is 5.82 Å². The number of carbonyl (C=O) groups is 1. The van der Waals surface area contributed by atoms with Gasteiger partial charge in [0.25, 0.3) is 0 Å². The van der Waals surface area contributed by atoms with Gasteiger partial charge in [0, 0.05) is 5.56 Å². The summed E-state index contributed by atoms with van der Waals surface area (Å²) in [6.45, 7) is 2.06. The zero-order valence-corrected chi connectivity index (χ0v) is 11.0. The molecule has 5 heteroatoms. The lowest BCUT2D eigenvalue weighted by molar-refractivity contribution is 0.0532. The average molecular weight is 275 g/mol. The fourth-order valence-corrected chi connectivity index (χ4v) is 1.98. The Morgan fingerprint density at radius 2 is 2.32 bits per heavy atom. The summed E-state index contributed by atoms with van der Waals surface area (Å²) in [7, 11) is 0. The average Bonchev–Trinajstić information content (AvgIpc) is 2.86. The van der Waals surface area contributed by atoms with Gasteiger partial charge in [-0.3, -0.25) is 0 Å². The van der Waals surface area contributed by atoms with E-state index in [1.54, 1.807) is 19.1 Å². The summed E-state index contributed by atoms with van der Waals surface area (Å²) in [6, 6.07) is 5.99. The predicted molar refractivity (Wildman–Crippen MR) is 70.5 cm³/mol. The largest absolute Gasteiger partial charge is 0.462 e. The number of benzene rings is 1. The van der Waals surface area contributed by atoms with Crippen LogP contribution in [0.3, 0.4) is 0 Å². The topological polar surface area (TPSA) is 39.2 Å². The fraction of sp³-hybridized carbons (Fsp3) is 0.143. The van der Waals surface area contributed by atoms with Gasteiger partial charge < -0.3 is 4.74 Å². The van der Waals surface area contributed by atoms with E-state index in [2.05, 4.69) is 16.8 Å². The summed E-state index contributed by atoms with van der Waals surface area (Å²) in [6.07, 6.45) is 1.43. The van der Waals surface area contributed by atoms with Crippen LogP contribution in [-0.2, 0) is 4.74 Å². The monoisotopic (exact) mass is 275 g/mol. The highest BCUT2D eigenvalue weighted by Crippen LogP contribution is 2.13. The van der Waals surface area contributed by atoms with E-state index in [4.69, 9.17) is 4.74 Å². The fourth-order valence-electron chi connectivity index (χ4n) is 1.32. The Labute approximate surface area is 114 Å². The maximum absolute atomic E-state index is 12.9. The van der Waals surface area contributed by atoms with Crippen LogP contribution in [0.15, 0.2) is 30.5 Å². The van der Waals surface area contributed by atoms with E-state index >= 15 is 0 Å². The number of ether oxygens (including phenoxy) is 1. The van der Waals surface area contributed by atoms with Crippen LogP contribution >= 0.6 is 11.3 Å². The molecule has 0 spiro atoms. The minimum absolute atomic E-state index is 0.320. The molecule has 0 saturated heterocycles. The van der Waals surface area contributed by atoms with Crippen molar-refractivity contribution in [2.24, 2.45) is 0 Å². The molecule has 1 aromatic carbocycles. The van der Waals surface area contributed by atoms with Gasteiger partial charge in [0.15, 0.2) is 5.01 Å². The van der Waals surface area contributed by atoms with Gasteiger partial charge in [-0.05, 0) is 31.0 Å². The number of hydrogen-bond acceptors (Lipinski definition) is 4. The summed E-state index contributed by atoms with van der Waals surface area (Å²) in [4.78, 5) is 15.8. The molecular formula is C14H10FNO2S. The molecule has 2 aromatic rings. The van der Waals surface area contributed by atoms with Crippen molar-refractivity contribution in [2.45, 2.75) is 6.92 Å². The van der Waals surface area contributed by atoms with Crippen molar-refractivity contribution in [3.8, 4) is 11.8 Å². The SMILES string of the molecule is CCOC(=O)c1cnc(C#Cc2cccc(F)c2)s1. The molecule has 96 valence electrons. The van der Waals surface area contributed by atoms with E-state index in [1.165, 1.54) is 18.3 Å². The number of rotatable bonds is 2. The third-order valence-electron chi connectivity index (χ3n) is 2.12. The summed E-state index contributed by atoms with van der Waals surface area (Å²) in [5.41, 5.74) is 0.563. The zero-order chi connectivity index (χ0) is 13.7. The van der Waals surface area contributed by atoms with Gasteiger partial charge in [0.1, 0.15) is 10.7 Å². The number of esters is 1. The van der Waals surface area contributed by atoms with Gasteiger partial charge >= 0.3 is 5.97 Å². The first-order chi connectivity index (χ1) is 9.19. The lowest BCUT2D eigenvalue weighted by Crippen LogP contribution is -2.01. The third-order valence-corrected chi connectivity index (χ3v) is 3.01. The number of hydrogen-bond donors (Lipinski definition) is 0. The molecule has 0 atom stereocenters. The van der Waals surface area contributed by atoms with Gasteiger partial charge in [-0.15, -0.1) is 0 Å². The molecule has 1 heterocycles. The lowest BCUT2D eigenvalue weighted by Gasteiger charge is -1.95. The first kappa shape index (κ1) is 13.2. The minimum atomic E-state index is -0.404. The van der Waals surface area contributed by atoms with Crippen molar-refractivity contribution in [3.05, 3.63) is 51.7 Å². The molecule has 19 heavy (non-hydrogen) atoms. The minimum Gasteiger partial charge on any atom is -0.462 e. The van der Waals surface area contributed by atoms with Crippen LogP contribution in [0, 0.1) is 17.7 Å². The van der Waals surface area contributed by atoms with Crippen LogP contribution in [0.5, 0.6) is 0 Å². The normalized spacial score (nSPS) is 9.58. The highest BCUT2D eigenvalue weighted by Gasteiger charge is 2.09. The molecule has 1 aromatic heterocycles. The van der Waals surface area contributed by atoms with Gasteiger partial charge in [0.2, 0.25) is 0 Å². The molecule has 0 aliphatic carbocycles. The summed E-state index contributed by atoms with van der Waals surface area (Å²) < 4.78 is 17.8. The molecule has 0 radical (unpaired) electrons. The summed E-state index contributed by atoms with van der Waals surface area (Å²) in [5, 5.41) is 0.493. The Morgan fingerprint density at radius 1 is 1.47 bits per heavy atom. The van der Waals surface area contributed by atoms with Crippen LogP contribution in [-0.4, -0.2) is 17.6 Å². The lowest BCUT2D eigenvalue weighted by atomic mass is 10.2. The Bertz CT molecular complexity index is 655. The van der Waals surface area contributed by atoms with Crippen molar-refractivity contribution in [1.82, 2.24) is 4.98 Å². The van der Waals surface area contributed by atoms with E-state index < -0.39 is 5.97 Å². The second-order valence-electron chi connectivity index (χ2n) is 3.51. The molecule has 0 N–H and O–H groups in total. The standard InChI is InChI=1S/C14H10FNO2S/c1-2-18-14(17)12-9-16-13(19-12)7-6-10-4-3-5-11(15)8-10/h3-5,8-9H,2H2,1H3. The molecule has 0 fully saturated rings. The van der Waals surface area contributed by atoms with Gasteiger partial charge in [-0.25, -0.2) is 14.2 Å². The van der Waals surface area contributed by atoms with Crippen molar-refractivity contribution in [1.29, 1.82) is 0 Å². The Kier molecular flexibility index (Phi) is 4.26. The van der Waals surface area contributed by atoms with E-state index in [1.807, 2.05) is 0 Å². The van der Waals surface area contributed by atoms with E-state index in [0.717, 1.165) is 11.3 Å². The molecule has 3 nitrogen and oxygen atoms in total. The first-order valence-electron chi connectivity index (χ1n) is 5.59. The predicted octanol–water partition coefficient (Wildman–Crippen LogP) is 2.86. The number of thiazole rings is 1. The number of halogens is 1. The highest BCUT2D eigenvalue weighted by molar-refractivity contribution is 7.14. The van der Waals surface area contributed by atoms with Gasteiger partial charge in [-0.2, -0.15) is 0 Å². The van der Waals surface area contributed by atoms with Crippen LogP contribution < -0.4 is 0 Å². The third kappa shape index (κ3) is 3.63. The smallest absolute Gasteiger partial charge is 0.349 e. The molecule has 0 bridgehead atoms. The van der Waals surface area contributed by atoms with E-state index in [0.29, 0.717) is 22.1 Å². The quantitative estimate of drug-likeness (QED) is 0.625. The van der Waals surface area contributed by atoms with Crippen molar-refractivity contribution < 1.29 is 13.9 Å². The second-order valence-corrected chi connectivity index (χ2v) is 4.54. The Hall–Kier alpha value is -2.19. The molecule has 0 saturated carbocycles. The highest BCUT2D eigenvalue weighted by atomic mass is 32.1. The number of nitrogens with zero attached hydrogens (tertiary/aromatic N) is 1. The zero-order valence-electron chi connectivity index (χ0n) is 10.1. The summed E-state index contributed by atoms with van der Waals surface area (Å²) in [5.74, 6) is 4.84. The second kappa shape index (κ2) is 6.12. The van der Waals surface area contributed by atoms with Crippen LogP contribution in [0.25, 0.3) is 0 Å². The Morgan fingerprint density at radius 3 is 3.05 bits per heavy atom. The number of aromatic nitrogens is 1. The molecule has 2 rings (SSSR count). The van der Waals surface area contributed by atoms with Crippen LogP contribution in [0.4, 0.5) is 4.39 Å². The summed E-state index contributed by atoms with van der Waals surface area (Å²) >= 11 is 1.15. The first-order valence-corrected chi connectivity index (χ1v) is 6.41. The molecule has 0 aliphatic rings. The molecule has 0 amide bonds. The van der Waals surface area contributed by atoms with Crippen molar-refractivity contribution in [3.63, 3.8) is 0 Å². The van der Waals surface area contributed by atoms with Crippen LogP contribution in [0.2, 0.25) is 0 Å². The van der Waals surface area contributed by atoms with Gasteiger partial charge in [-0.1, -0.05) is 23.3 Å². The molecular weight excluding hydrogens is 265 g/mol. The number of carbonyl (C=O) groups excluding carboxylic acids is 1. The van der Waals surface area contributed by atoms with Crippen molar-refractivity contribution in [2.75, 3.05) is 6.61 Å². The molecule has 0 unspecified atom stereocenters.